The first-order chi connectivity index (χ1) is 16.3. The molecule has 2 atom stereocenters. The second kappa shape index (κ2) is 11.4. The normalized spacial score (nSPS) is 16.9. The number of hydrogen-bond donors (Lipinski definition) is 3. The highest BCUT2D eigenvalue weighted by atomic mass is 16.5. The fourth-order valence-electron chi connectivity index (χ4n) is 4.23. The second-order valence-corrected chi connectivity index (χ2v) is 9.25. The quantitative estimate of drug-likeness (QED) is 0.460. The Bertz CT molecular complexity index is 1020. The van der Waals surface area contributed by atoms with Gasteiger partial charge in [-0.15, -0.1) is 0 Å². The second-order valence-electron chi connectivity index (χ2n) is 9.25. The molecule has 0 aromatic heterocycles. The summed E-state index contributed by atoms with van der Waals surface area (Å²) in [6.07, 6.45) is 2.27. The molecule has 3 rings (SSSR count). The number of nitrogens with one attached hydrogen (secondary N) is 2. The van der Waals surface area contributed by atoms with Gasteiger partial charge in [0, 0.05) is 26.6 Å². The van der Waals surface area contributed by atoms with Crippen molar-refractivity contribution in [2.45, 2.75) is 57.2 Å². The fourth-order valence-corrected chi connectivity index (χ4v) is 4.23. The number of ether oxygens (including phenoxy) is 1. The van der Waals surface area contributed by atoms with Gasteiger partial charge in [-0.3, -0.25) is 14.4 Å². The van der Waals surface area contributed by atoms with Crippen molar-refractivity contribution in [3.8, 4) is 0 Å². The van der Waals surface area contributed by atoms with E-state index in [0.717, 1.165) is 22.8 Å². The number of hydrogen-bond acceptors (Lipinski definition) is 5. The largest absolute Gasteiger partial charge is 0.369 e. The summed E-state index contributed by atoms with van der Waals surface area (Å²) in [4.78, 5) is 40.8. The van der Waals surface area contributed by atoms with Crippen molar-refractivity contribution in [3.05, 3.63) is 48.0 Å². The molecule has 0 radical (unpaired) electrons. The van der Waals surface area contributed by atoms with E-state index in [0.29, 0.717) is 38.9 Å². The van der Waals surface area contributed by atoms with Crippen molar-refractivity contribution in [2.75, 3.05) is 26.7 Å². The summed E-state index contributed by atoms with van der Waals surface area (Å²) >= 11 is 0. The third-order valence-electron chi connectivity index (χ3n) is 6.41. The minimum absolute atomic E-state index is 0.230. The summed E-state index contributed by atoms with van der Waals surface area (Å²) < 4.78 is 5.33. The lowest BCUT2D eigenvalue weighted by Gasteiger charge is -2.32. The first-order valence-corrected chi connectivity index (χ1v) is 11.9. The Hall–Kier alpha value is -2.97. The van der Waals surface area contributed by atoms with Crippen LogP contribution in [0.15, 0.2) is 42.5 Å². The molecule has 2 aromatic carbocycles. The highest BCUT2D eigenvalue weighted by Crippen LogP contribution is 2.23. The molecule has 4 N–H and O–H groups in total. The van der Waals surface area contributed by atoms with Gasteiger partial charge in [-0.1, -0.05) is 42.5 Å². The van der Waals surface area contributed by atoms with Gasteiger partial charge in [0.2, 0.25) is 11.8 Å². The third-order valence-corrected chi connectivity index (χ3v) is 6.41. The number of fused-ring (bicyclic) bond motifs is 1. The molecule has 1 saturated heterocycles. The minimum Gasteiger partial charge on any atom is -0.369 e. The van der Waals surface area contributed by atoms with Crippen LogP contribution in [0.25, 0.3) is 10.8 Å². The summed E-state index contributed by atoms with van der Waals surface area (Å²) in [7, 11) is 1.48. The zero-order chi connectivity index (χ0) is 24.7. The van der Waals surface area contributed by atoms with Crippen LogP contribution in [-0.2, 0) is 25.5 Å². The standard InChI is InChI=1S/C26H36N4O4/c1-26(2,34-3)25(33)30-15-6-10-22(30)24(32)29-21(23(31)28-14-7-13-27)17-18-11-12-19-8-4-5-9-20(19)16-18/h4-5,8-9,11-12,16,21-22H,6-7,10,13-15,17,27H2,1-3H3,(H,28,31)(H,29,32). The maximum Gasteiger partial charge on any atom is 0.254 e. The predicted molar refractivity (Wildman–Crippen MR) is 132 cm³/mol. The summed E-state index contributed by atoms with van der Waals surface area (Å²) in [5.41, 5.74) is 5.47. The number of nitrogens with two attached hydrogens (primary N) is 1. The number of rotatable bonds is 10. The summed E-state index contributed by atoms with van der Waals surface area (Å²) in [6, 6.07) is 12.6. The summed E-state index contributed by atoms with van der Waals surface area (Å²) in [5, 5.41) is 7.97. The van der Waals surface area contributed by atoms with Crippen LogP contribution in [-0.4, -0.2) is 67.1 Å². The van der Waals surface area contributed by atoms with Crippen LogP contribution < -0.4 is 16.4 Å². The Morgan fingerprint density at radius 3 is 2.62 bits per heavy atom. The van der Waals surface area contributed by atoms with E-state index in [9.17, 15) is 14.4 Å². The van der Waals surface area contributed by atoms with Gasteiger partial charge >= 0.3 is 0 Å². The van der Waals surface area contributed by atoms with Crippen molar-refractivity contribution in [2.24, 2.45) is 5.73 Å². The zero-order valence-electron chi connectivity index (χ0n) is 20.3. The van der Waals surface area contributed by atoms with Crippen molar-refractivity contribution >= 4 is 28.5 Å². The van der Waals surface area contributed by atoms with E-state index in [1.807, 2.05) is 42.5 Å². The molecule has 0 bridgehead atoms. The molecule has 3 amide bonds. The number of amides is 3. The van der Waals surface area contributed by atoms with E-state index in [1.54, 1.807) is 18.7 Å². The Morgan fingerprint density at radius 2 is 1.91 bits per heavy atom. The van der Waals surface area contributed by atoms with Crippen LogP contribution in [0.5, 0.6) is 0 Å². The molecule has 1 aliphatic rings. The lowest BCUT2D eigenvalue weighted by Crippen LogP contribution is -2.56. The average molecular weight is 469 g/mol. The van der Waals surface area contributed by atoms with E-state index < -0.39 is 17.7 Å². The molecule has 0 aliphatic carbocycles. The monoisotopic (exact) mass is 468 g/mol. The highest BCUT2D eigenvalue weighted by Gasteiger charge is 2.41. The van der Waals surface area contributed by atoms with Gasteiger partial charge in [0.1, 0.15) is 17.7 Å². The molecule has 1 fully saturated rings. The van der Waals surface area contributed by atoms with Gasteiger partial charge in [0.05, 0.1) is 0 Å². The number of benzene rings is 2. The van der Waals surface area contributed by atoms with Crippen molar-refractivity contribution in [3.63, 3.8) is 0 Å². The van der Waals surface area contributed by atoms with Crippen LogP contribution >= 0.6 is 0 Å². The van der Waals surface area contributed by atoms with E-state index in [-0.39, 0.29) is 17.7 Å². The molecule has 8 heteroatoms. The van der Waals surface area contributed by atoms with Gasteiger partial charge in [0.25, 0.3) is 5.91 Å². The van der Waals surface area contributed by atoms with E-state index >= 15 is 0 Å². The van der Waals surface area contributed by atoms with Crippen LogP contribution in [0.1, 0.15) is 38.7 Å². The molecular formula is C26H36N4O4. The van der Waals surface area contributed by atoms with Crippen molar-refractivity contribution < 1.29 is 19.1 Å². The average Bonchev–Trinajstić information content (AvgIpc) is 3.33. The first kappa shape index (κ1) is 25.6. The van der Waals surface area contributed by atoms with Gasteiger partial charge in [0.15, 0.2) is 0 Å². The molecule has 0 spiro atoms. The van der Waals surface area contributed by atoms with Crippen LogP contribution in [0, 0.1) is 0 Å². The Morgan fingerprint density at radius 1 is 1.18 bits per heavy atom. The molecule has 34 heavy (non-hydrogen) atoms. The molecule has 2 unspecified atom stereocenters. The van der Waals surface area contributed by atoms with E-state index in [4.69, 9.17) is 10.5 Å². The van der Waals surface area contributed by atoms with E-state index in [1.165, 1.54) is 7.11 Å². The first-order valence-electron chi connectivity index (χ1n) is 11.9. The van der Waals surface area contributed by atoms with Crippen molar-refractivity contribution in [1.82, 2.24) is 15.5 Å². The maximum absolute atomic E-state index is 13.3. The fraction of sp³-hybridized carbons (Fsp3) is 0.500. The Labute approximate surface area is 201 Å². The molecule has 8 nitrogen and oxygen atoms in total. The Kier molecular flexibility index (Phi) is 8.63. The number of carbonyl (C=O) groups excluding carboxylic acids is 3. The predicted octanol–water partition coefficient (Wildman–Crippen LogP) is 1.75. The summed E-state index contributed by atoms with van der Waals surface area (Å²) in [6.45, 7) is 4.78. The third kappa shape index (κ3) is 6.12. The number of likely N-dealkylation sites (tertiary alicyclic amines) is 1. The SMILES string of the molecule is COC(C)(C)C(=O)N1CCCC1C(=O)NC(Cc1ccc2ccccc2c1)C(=O)NCCCN. The lowest BCUT2D eigenvalue weighted by molar-refractivity contribution is -0.154. The molecule has 0 saturated carbocycles. The van der Waals surface area contributed by atoms with E-state index in [2.05, 4.69) is 10.6 Å². The van der Waals surface area contributed by atoms with Gasteiger partial charge in [-0.25, -0.2) is 0 Å². The minimum atomic E-state index is -1.02. The summed E-state index contributed by atoms with van der Waals surface area (Å²) in [5.74, 6) is -0.813. The molecule has 184 valence electrons. The van der Waals surface area contributed by atoms with Gasteiger partial charge < -0.3 is 26.0 Å². The van der Waals surface area contributed by atoms with Gasteiger partial charge in [-0.05, 0) is 56.0 Å². The topological polar surface area (TPSA) is 114 Å². The number of carbonyl (C=O) groups is 3. The highest BCUT2D eigenvalue weighted by molar-refractivity contribution is 5.94. The van der Waals surface area contributed by atoms with Crippen molar-refractivity contribution in [1.29, 1.82) is 0 Å². The maximum atomic E-state index is 13.3. The lowest BCUT2D eigenvalue weighted by atomic mass is 10.0. The molecule has 1 aliphatic heterocycles. The van der Waals surface area contributed by atoms with Crippen LogP contribution in [0.4, 0.5) is 0 Å². The smallest absolute Gasteiger partial charge is 0.254 e. The molecule has 1 heterocycles. The Balaban J connectivity index is 1.77. The van der Waals surface area contributed by atoms with Gasteiger partial charge in [-0.2, -0.15) is 0 Å². The zero-order valence-corrected chi connectivity index (χ0v) is 20.3. The van der Waals surface area contributed by atoms with Crippen LogP contribution in [0.3, 0.4) is 0 Å². The molecule has 2 aromatic rings. The number of methoxy groups -OCH3 is 1. The molecular weight excluding hydrogens is 432 g/mol. The van der Waals surface area contributed by atoms with Crippen LogP contribution in [0.2, 0.25) is 0 Å². The number of nitrogens with zero attached hydrogens (tertiary/aromatic N) is 1.